The second-order valence-corrected chi connectivity index (χ2v) is 16.9. The predicted octanol–water partition coefficient (Wildman–Crippen LogP) is 12.9. The molecule has 3 aromatic heterocycles. The van der Waals surface area contributed by atoms with Crippen LogP contribution in [0.25, 0.3) is 52.4 Å². The predicted molar refractivity (Wildman–Crippen MR) is 209 cm³/mol. The third-order valence-electron chi connectivity index (χ3n) is 10.5. The van der Waals surface area contributed by atoms with Gasteiger partial charge in [-0.3, -0.25) is 9.78 Å². The number of nitrogens with zero attached hydrogens (tertiary/aromatic N) is 2. The molecule has 0 aliphatic rings. The Morgan fingerprint density at radius 2 is 1.49 bits per heavy atom. The van der Waals surface area contributed by atoms with Gasteiger partial charge >= 0.3 is 0 Å². The van der Waals surface area contributed by atoms with Crippen LogP contribution >= 0.6 is 22.7 Å². The number of carbonyl (C=O) groups is 1. The number of rotatable bonds is 8. The van der Waals surface area contributed by atoms with Gasteiger partial charge in [0.2, 0.25) is 0 Å². The summed E-state index contributed by atoms with van der Waals surface area (Å²) in [5.74, 6) is 0.286. The first-order valence-electron chi connectivity index (χ1n) is 17.2. The Kier molecular flexibility index (Phi) is 12.0. The number of ketones is 1. The number of benzene rings is 3. The van der Waals surface area contributed by atoms with Crippen LogP contribution in [0, 0.1) is 23.8 Å². The minimum atomic E-state index is -0.337. The Bertz CT molecular complexity index is 2140. The van der Waals surface area contributed by atoms with Gasteiger partial charge in [-0.15, -0.1) is 51.8 Å². The van der Waals surface area contributed by atoms with Crippen molar-refractivity contribution in [1.29, 1.82) is 0 Å². The zero-order chi connectivity index (χ0) is 35.0. The average Bonchev–Trinajstić information content (AvgIpc) is 3.63. The summed E-state index contributed by atoms with van der Waals surface area (Å²) in [6, 6.07) is 21.3. The number of thiophene rings is 2. The van der Waals surface area contributed by atoms with Crippen molar-refractivity contribution in [1.82, 2.24) is 9.97 Å². The second kappa shape index (κ2) is 15.1. The van der Waals surface area contributed by atoms with Crippen LogP contribution in [0.15, 0.2) is 66.7 Å². The molecule has 6 aromatic rings. The molecule has 0 fully saturated rings. The summed E-state index contributed by atoms with van der Waals surface area (Å²) in [5.41, 5.74) is 3.80. The number of aryl methyl sites for hydroxylation is 1. The number of aromatic nitrogens is 2. The van der Waals surface area contributed by atoms with Crippen molar-refractivity contribution >= 4 is 69.6 Å². The van der Waals surface area contributed by atoms with Crippen molar-refractivity contribution in [2.45, 2.75) is 100 Å². The molecule has 0 atom stereocenters. The summed E-state index contributed by atoms with van der Waals surface area (Å²) in [4.78, 5) is 23.0. The van der Waals surface area contributed by atoms with E-state index in [-0.39, 0.29) is 47.9 Å². The van der Waals surface area contributed by atoms with E-state index in [0.29, 0.717) is 0 Å². The normalized spacial score (nSPS) is 12.7. The maximum Gasteiger partial charge on any atom is 0.164 e. The van der Waals surface area contributed by atoms with Crippen molar-refractivity contribution in [3.05, 3.63) is 83.2 Å². The minimum Gasteiger partial charge on any atom is -0.512 e. The fourth-order valence-corrected chi connectivity index (χ4v) is 8.23. The van der Waals surface area contributed by atoms with Crippen LogP contribution in [0.1, 0.15) is 98.4 Å². The fourth-order valence-electron chi connectivity index (χ4n) is 6.09. The van der Waals surface area contributed by atoms with Gasteiger partial charge in [-0.05, 0) is 61.6 Å². The van der Waals surface area contributed by atoms with E-state index < -0.39 is 0 Å². The fraction of sp³-hybridized carbons (Fsp3) is 0.405. The van der Waals surface area contributed by atoms with Gasteiger partial charge in [0, 0.05) is 67.1 Å². The maximum atomic E-state index is 12.2. The molecule has 0 unspecified atom stereocenters. The standard InChI is InChI=1S/C27H21N2S2.C15H28O2.Ir/c1-15-9-17-12-23-20(13-22(17)30-15)25-26(31-23)24(28-14-29-25)18-10-16-7-5-6-8-19(16)21(11-18)27(2,3)4;1-7-14(5,8-2)12(16)11-13(17)15(6,9-3)10-4;/h5-9,11-14H,1-4H3;11,16H,7-10H2,1-6H3;/q-1;;/b;12-11-;. The molecule has 261 valence electrons. The van der Waals surface area contributed by atoms with Crippen molar-refractivity contribution in [2.75, 3.05) is 0 Å². The van der Waals surface area contributed by atoms with E-state index in [2.05, 4.69) is 82.3 Å². The third kappa shape index (κ3) is 7.71. The quantitative estimate of drug-likeness (QED) is 0.0940. The number of aliphatic hydroxyl groups excluding tert-OH is 1. The van der Waals surface area contributed by atoms with Crippen LogP contribution in [0.3, 0.4) is 0 Å². The van der Waals surface area contributed by atoms with Crippen molar-refractivity contribution in [3.8, 4) is 11.3 Å². The number of carbonyl (C=O) groups excluding carboxylic acids is 1. The Labute approximate surface area is 313 Å². The van der Waals surface area contributed by atoms with Gasteiger partial charge in [-0.2, -0.15) is 0 Å². The molecule has 7 heteroatoms. The van der Waals surface area contributed by atoms with Crippen LogP contribution in [-0.4, -0.2) is 20.9 Å². The average molecular weight is 870 g/mol. The van der Waals surface area contributed by atoms with Gasteiger partial charge in [0.05, 0.1) is 5.52 Å². The molecule has 0 bridgehead atoms. The Balaban J connectivity index is 0.000000260. The van der Waals surface area contributed by atoms with Crippen LogP contribution in [-0.2, 0) is 30.3 Å². The minimum absolute atomic E-state index is 0. The van der Waals surface area contributed by atoms with Crippen molar-refractivity contribution in [3.63, 3.8) is 0 Å². The second-order valence-electron chi connectivity index (χ2n) is 14.6. The first kappa shape index (κ1) is 38.8. The van der Waals surface area contributed by atoms with Crippen molar-refractivity contribution in [2.24, 2.45) is 10.8 Å². The monoisotopic (exact) mass is 870 g/mol. The summed E-state index contributed by atoms with van der Waals surface area (Å²) in [7, 11) is 0. The number of fused-ring (bicyclic) bond motifs is 5. The molecule has 3 heterocycles. The van der Waals surface area contributed by atoms with Crippen LogP contribution in [0.4, 0.5) is 0 Å². The van der Waals surface area contributed by atoms with E-state index >= 15 is 0 Å². The molecule has 0 saturated carbocycles. The van der Waals surface area contributed by atoms with E-state index in [4.69, 9.17) is 9.97 Å². The molecule has 49 heavy (non-hydrogen) atoms. The summed E-state index contributed by atoms with van der Waals surface area (Å²) in [6.45, 7) is 21.0. The smallest absolute Gasteiger partial charge is 0.164 e. The molecule has 0 amide bonds. The third-order valence-corrected chi connectivity index (χ3v) is 12.6. The van der Waals surface area contributed by atoms with Gasteiger partial charge in [0.1, 0.15) is 12.1 Å². The summed E-state index contributed by atoms with van der Waals surface area (Å²) in [5, 5.41) is 15.1. The van der Waals surface area contributed by atoms with Crippen LogP contribution < -0.4 is 0 Å². The van der Waals surface area contributed by atoms with Crippen LogP contribution in [0.2, 0.25) is 0 Å². The summed E-state index contributed by atoms with van der Waals surface area (Å²) in [6.07, 6.45) is 6.46. The topological polar surface area (TPSA) is 63.1 Å². The molecule has 0 aliphatic heterocycles. The Morgan fingerprint density at radius 3 is 2.12 bits per heavy atom. The molecule has 1 radical (unpaired) electrons. The number of aliphatic hydroxyl groups is 1. The van der Waals surface area contributed by atoms with E-state index in [0.717, 1.165) is 52.5 Å². The molecular weight excluding hydrogens is 821 g/mol. The molecule has 0 aliphatic carbocycles. The van der Waals surface area contributed by atoms with E-state index in [1.807, 2.05) is 52.9 Å². The van der Waals surface area contributed by atoms with Crippen LogP contribution in [0.5, 0.6) is 0 Å². The SMILES string of the molecule is CCC(C)(CC)C(=O)/C=C(\O)C(C)(CC)CC.Cc1cc2cc3sc4c(-c5[c-]c6ccccc6c(C(C)(C)C)c5)ncnc4c3cc2s1.[Ir]. The molecule has 4 nitrogen and oxygen atoms in total. The molecular formula is C42H49IrN2O2S2-. The van der Waals surface area contributed by atoms with Gasteiger partial charge in [0.15, 0.2) is 5.78 Å². The Hall–Kier alpha value is -2.96. The summed E-state index contributed by atoms with van der Waals surface area (Å²) < 4.78 is 3.72. The largest absolute Gasteiger partial charge is 0.512 e. The van der Waals surface area contributed by atoms with E-state index in [9.17, 15) is 9.90 Å². The maximum absolute atomic E-state index is 12.2. The number of hydrogen-bond donors (Lipinski definition) is 1. The molecule has 3 aromatic carbocycles. The van der Waals surface area contributed by atoms with Gasteiger partial charge in [0.25, 0.3) is 0 Å². The summed E-state index contributed by atoms with van der Waals surface area (Å²) >= 11 is 3.63. The molecule has 0 saturated heterocycles. The Morgan fingerprint density at radius 1 is 0.837 bits per heavy atom. The zero-order valence-corrected chi connectivity index (χ0v) is 34.5. The zero-order valence-electron chi connectivity index (χ0n) is 30.5. The molecule has 0 spiro atoms. The first-order valence-corrected chi connectivity index (χ1v) is 18.8. The number of hydrogen-bond acceptors (Lipinski definition) is 6. The molecule has 6 rings (SSSR count). The van der Waals surface area contributed by atoms with Gasteiger partial charge in [-0.1, -0.05) is 91.5 Å². The van der Waals surface area contributed by atoms with E-state index in [1.165, 1.54) is 42.1 Å². The molecule has 1 N–H and O–H groups in total. The van der Waals surface area contributed by atoms with Crippen molar-refractivity contribution < 1.29 is 30.0 Å². The first-order chi connectivity index (χ1) is 22.7. The van der Waals surface area contributed by atoms with Gasteiger partial charge in [-0.25, -0.2) is 4.98 Å². The van der Waals surface area contributed by atoms with E-state index in [1.54, 1.807) is 17.7 Å². The number of allylic oxidation sites excluding steroid dienone is 2. The van der Waals surface area contributed by atoms with Gasteiger partial charge < -0.3 is 5.11 Å².